The minimum absolute atomic E-state index is 0. The quantitative estimate of drug-likeness (QED) is 0.260. The second kappa shape index (κ2) is 13.1. The fourth-order valence-electron chi connectivity index (χ4n) is 2.81. The van der Waals surface area contributed by atoms with Gasteiger partial charge in [0.2, 0.25) is 0 Å². The fourth-order valence-corrected chi connectivity index (χ4v) is 3.68. The molecule has 6 nitrogen and oxygen atoms in total. The molecule has 2 aromatic heterocycles. The van der Waals surface area contributed by atoms with Crippen molar-refractivity contribution in [2.45, 2.75) is 72.3 Å². The first-order valence-electron chi connectivity index (χ1n) is 9.99. The third-order valence-corrected chi connectivity index (χ3v) is 5.65. The molecular formula is C20H34IN5OS. The molecule has 2 rings (SSSR count). The standard InChI is InChI=1S/C20H33N5OS.HI/c1-6-15(7-2)18-11-17(26-25-18)12-23-20(21-8-3)22-10-9-16-13-27-19(24-16)14(4)5;/h11,13-15H,6-10,12H2,1-5H3,(H2,21,22,23);1H. The Bertz CT molecular complexity index is 709. The molecule has 28 heavy (non-hydrogen) atoms. The predicted molar refractivity (Wildman–Crippen MR) is 128 cm³/mol. The normalized spacial score (nSPS) is 11.8. The molecule has 0 bridgehead atoms. The van der Waals surface area contributed by atoms with Crippen LogP contribution in [0.1, 0.15) is 81.5 Å². The van der Waals surface area contributed by atoms with Crippen LogP contribution in [0.2, 0.25) is 0 Å². The van der Waals surface area contributed by atoms with Crippen LogP contribution >= 0.6 is 35.3 Å². The molecule has 0 radical (unpaired) electrons. The van der Waals surface area contributed by atoms with Crippen LogP contribution in [-0.2, 0) is 13.0 Å². The minimum Gasteiger partial charge on any atom is -0.359 e. The Labute approximate surface area is 190 Å². The number of aromatic nitrogens is 2. The van der Waals surface area contributed by atoms with Gasteiger partial charge >= 0.3 is 0 Å². The summed E-state index contributed by atoms with van der Waals surface area (Å²) in [5.41, 5.74) is 2.17. The van der Waals surface area contributed by atoms with Crippen molar-refractivity contribution in [2.24, 2.45) is 4.99 Å². The summed E-state index contributed by atoms with van der Waals surface area (Å²) in [5.74, 6) is 2.54. The Balaban J connectivity index is 0.00000392. The van der Waals surface area contributed by atoms with Crippen LogP contribution in [0.3, 0.4) is 0 Å². The van der Waals surface area contributed by atoms with Crippen molar-refractivity contribution in [3.05, 3.63) is 33.6 Å². The van der Waals surface area contributed by atoms with E-state index in [1.165, 1.54) is 5.01 Å². The Hall–Kier alpha value is -1.16. The van der Waals surface area contributed by atoms with E-state index in [1.54, 1.807) is 11.3 Å². The summed E-state index contributed by atoms with van der Waals surface area (Å²) in [7, 11) is 0. The lowest BCUT2D eigenvalue weighted by Crippen LogP contribution is -2.38. The van der Waals surface area contributed by atoms with Gasteiger partial charge in [-0.3, -0.25) is 0 Å². The molecule has 0 aromatic carbocycles. The van der Waals surface area contributed by atoms with Gasteiger partial charge in [-0.1, -0.05) is 32.9 Å². The van der Waals surface area contributed by atoms with E-state index in [4.69, 9.17) is 4.52 Å². The molecule has 0 fully saturated rings. The summed E-state index contributed by atoms with van der Waals surface area (Å²) < 4.78 is 5.46. The van der Waals surface area contributed by atoms with Gasteiger partial charge in [-0.15, -0.1) is 35.3 Å². The first-order chi connectivity index (χ1) is 13.1. The molecule has 158 valence electrons. The molecule has 2 heterocycles. The Morgan fingerprint density at radius 1 is 1.21 bits per heavy atom. The van der Waals surface area contributed by atoms with Crippen LogP contribution in [0.25, 0.3) is 0 Å². The maximum atomic E-state index is 5.46. The zero-order valence-electron chi connectivity index (χ0n) is 17.6. The smallest absolute Gasteiger partial charge is 0.191 e. The van der Waals surface area contributed by atoms with Crippen LogP contribution in [0.4, 0.5) is 0 Å². The van der Waals surface area contributed by atoms with Gasteiger partial charge < -0.3 is 15.2 Å². The van der Waals surface area contributed by atoms with Gasteiger partial charge in [0.15, 0.2) is 11.7 Å². The van der Waals surface area contributed by atoms with Crippen molar-refractivity contribution in [1.29, 1.82) is 0 Å². The molecule has 0 unspecified atom stereocenters. The Morgan fingerprint density at radius 3 is 2.57 bits per heavy atom. The largest absolute Gasteiger partial charge is 0.359 e. The number of aliphatic imine (C=N–C) groups is 1. The molecule has 0 amide bonds. The average Bonchev–Trinajstić information content (AvgIpc) is 3.31. The van der Waals surface area contributed by atoms with Crippen molar-refractivity contribution >= 4 is 41.3 Å². The van der Waals surface area contributed by atoms with E-state index in [9.17, 15) is 0 Å². The molecule has 0 saturated heterocycles. The number of thiazole rings is 1. The van der Waals surface area contributed by atoms with E-state index in [0.717, 1.165) is 55.5 Å². The maximum absolute atomic E-state index is 5.46. The topological polar surface area (TPSA) is 75.3 Å². The maximum Gasteiger partial charge on any atom is 0.191 e. The zero-order valence-corrected chi connectivity index (χ0v) is 20.8. The first kappa shape index (κ1) is 24.9. The molecule has 0 atom stereocenters. The lowest BCUT2D eigenvalue weighted by atomic mass is 9.99. The molecule has 2 aromatic rings. The van der Waals surface area contributed by atoms with Gasteiger partial charge in [0.1, 0.15) is 6.54 Å². The van der Waals surface area contributed by atoms with Gasteiger partial charge in [0.05, 0.1) is 16.4 Å². The van der Waals surface area contributed by atoms with Gasteiger partial charge in [-0.05, 0) is 19.8 Å². The van der Waals surface area contributed by atoms with Gasteiger partial charge in [0, 0.05) is 42.8 Å². The van der Waals surface area contributed by atoms with E-state index in [-0.39, 0.29) is 24.0 Å². The van der Waals surface area contributed by atoms with E-state index in [0.29, 0.717) is 18.4 Å². The number of guanidine groups is 1. The molecule has 0 spiro atoms. The summed E-state index contributed by atoms with van der Waals surface area (Å²) in [6, 6.07) is 2.04. The Kier molecular flexibility index (Phi) is 11.7. The highest BCUT2D eigenvalue weighted by atomic mass is 127. The highest BCUT2D eigenvalue weighted by Crippen LogP contribution is 2.22. The first-order valence-corrected chi connectivity index (χ1v) is 10.9. The highest BCUT2D eigenvalue weighted by Gasteiger charge is 2.13. The van der Waals surface area contributed by atoms with Crippen LogP contribution < -0.4 is 10.6 Å². The van der Waals surface area contributed by atoms with Crippen LogP contribution in [0.15, 0.2) is 21.0 Å². The number of nitrogens with zero attached hydrogens (tertiary/aromatic N) is 3. The minimum atomic E-state index is 0. The number of halogens is 1. The van der Waals surface area contributed by atoms with Crippen molar-refractivity contribution in [1.82, 2.24) is 20.8 Å². The fraction of sp³-hybridized carbons (Fsp3) is 0.650. The summed E-state index contributed by atoms with van der Waals surface area (Å²) in [4.78, 5) is 9.29. The van der Waals surface area contributed by atoms with E-state index in [1.807, 2.05) is 6.07 Å². The lowest BCUT2D eigenvalue weighted by molar-refractivity contribution is 0.372. The van der Waals surface area contributed by atoms with Crippen molar-refractivity contribution < 1.29 is 4.52 Å². The molecule has 0 saturated carbocycles. The van der Waals surface area contributed by atoms with E-state index >= 15 is 0 Å². The summed E-state index contributed by atoms with van der Waals surface area (Å²) in [6.07, 6.45) is 3.03. The second-order valence-electron chi connectivity index (χ2n) is 6.94. The highest BCUT2D eigenvalue weighted by molar-refractivity contribution is 14.0. The Morgan fingerprint density at radius 2 is 1.96 bits per heavy atom. The number of hydrogen-bond acceptors (Lipinski definition) is 5. The van der Waals surface area contributed by atoms with Gasteiger partial charge in [-0.25, -0.2) is 9.98 Å². The summed E-state index contributed by atoms with van der Waals surface area (Å²) in [5, 5.41) is 14.2. The monoisotopic (exact) mass is 519 g/mol. The van der Waals surface area contributed by atoms with Crippen LogP contribution in [0, 0.1) is 0 Å². The molecule has 0 aliphatic heterocycles. The third-order valence-electron chi connectivity index (χ3n) is 4.46. The SMILES string of the molecule is CCNC(=NCc1cc(C(CC)CC)no1)NCCc1csc(C(C)C)n1.I. The summed E-state index contributed by atoms with van der Waals surface area (Å²) >= 11 is 1.74. The molecule has 2 N–H and O–H groups in total. The van der Waals surface area contributed by atoms with Crippen LogP contribution in [0.5, 0.6) is 0 Å². The molecule has 0 aliphatic rings. The van der Waals surface area contributed by atoms with Gasteiger partial charge in [-0.2, -0.15) is 0 Å². The number of hydrogen-bond donors (Lipinski definition) is 2. The summed E-state index contributed by atoms with van der Waals surface area (Å²) in [6.45, 7) is 12.9. The van der Waals surface area contributed by atoms with Crippen molar-refractivity contribution in [3.8, 4) is 0 Å². The lowest BCUT2D eigenvalue weighted by Gasteiger charge is -2.10. The molecule has 8 heteroatoms. The molecule has 0 aliphatic carbocycles. The van der Waals surface area contributed by atoms with Gasteiger partial charge in [0.25, 0.3) is 0 Å². The third kappa shape index (κ3) is 7.69. The second-order valence-corrected chi connectivity index (χ2v) is 7.82. The van der Waals surface area contributed by atoms with Crippen molar-refractivity contribution in [3.63, 3.8) is 0 Å². The van der Waals surface area contributed by atoms with Crippen molar-refractivity contribution in [2.75, 3.05) is 13.1 Å². The van der Waals surface area contributed by atoms with E-state index in [2.05, 4.69) is 65.8 Å². The predicted octanol–water partition coefficient (Wildman–Crippen LogP) is 5.07. The number of nitrogens with one attached hydrogen (secondary N) is 2. The average molecular weight is 519 g/mol. The molecular weight excluding hydrogens is 485 g/mol. The van der Waals surface area contributed by atoms with Crippen LogP contribution in [-0.4, -0.2) is 29.2 Å². The number of rotatable bonds is 10. The van der Waals surface area contributed by atoms with E-state index < -0.39 is 0 Å². The zero-order chi connectivity index (χ0) is 19.6.